The van der Waals surface area contributed by atoms with E-state index in [-0.39, 0.29) is 60.2 Å². The molecule has 3 N–H and O–H groups in total. The third-order valence-corrected chi connectivity index (χ3v) is 7.64. The van der Waals surface area contributed by atoms with E-state index in [0.717, 1.165) is 16.8 Å². The molecule has 2 heterocycles. The lowest BCUT2D eigenvalue weighted by Crippen LogP contribution is -2.23. The van der Waals surface area contributed by atoms with Gasteiger partial charge in [0.15, 0.2) is 11.5 Å². The van der Waals surface area contributed by atoms with Crippen molar-refractivity contribution in [1.82, 2.24) is 14.8 Å². The van der Waals surface area contributed by atoms with Crippen molar-refractivity contribution >= 4 is 11.5 Å². The zero-order chi connectivity index (χ0) is 31.8. The molecule has 4 aromatic rings. The van der Waals surface area contributed by atoms with Crippen molar-refractivity contribution in [3.63, 3.8) is 0 Å². The van der Waals surface area contributed by atoms with Gasteiger partial charge in [0, 0.05) is 59.1 Å². The number of aromatic nitrogens is 3. The standard InChI is InChI=1S/C32H28F6N4O2/c1-17(39)26-13-19(4-6-28(26)35)25-3-2-8-40-30(25)20(9-18-10-21(33)14-22(34)11-18)12-24(44)16-42-29-7-5-23(43)15-27(29)31(41-42)32(36,37)38/h2-4,6,8,10-11,13-14,20,23,43H,1,5,7,9,12,15-16,39H2/t20-,23?/m1/s1. The minimum Gasteiger partial charge on any atom is -0.399 e. The fourth-order valence-corrected chi connectivity index (χ4v) is 5.74. The highest BCUT2D eigenvalue weighted by Crippen LogP contribution is 2.37. The van der Waals surface area contributed by atoms with E-state index in [2.05, 4.69) is 16.7 Å². The molecule has 2 aromatic heterocycles. The summed E-state index contributed by atoms with van der Waals surface area (Å²) in [5.74, 6) is -3.52. The fourth-order valence-electron chi connectivity index (χ4n) is 5.74. The Morgan fingerprint density at radius 3 is 2.52 bits per heavy atom. The summed E-state index contributed by atoms with van der Waals surface area (Å²) in [6, 6.07) is 10.5. The summed E-state index contributed by atoms with van der Waals surface area (Å²) in [5.41, 5.74) is 6.36. The number of ketones is 1. The number of benzene rings is 2. The Morgan fingerprint density at radius 2 is 1.84 bits per heavy atom. The largest absolute Gasteiger partial charge is 0.435 e. The zero-order valence-electron chi connectivity index (χ0n) is 23.3. The van der Waals surface area contributed by atoms with Crippen LogP contribution in [-0.2, 0) is 36.8 Å². The first-order chi connectivity index (χ1) is 20.8. The highest BCUT2D eigenvalue weighted by atomic mass is 19.4. The number of nitrogens with two attached hydrogens (primary N) is 1. The minimum atomic E-state index is -4.77. The summed E-state index contributed by atoms with van der Waals surface area (Å²) in [7, 11) is 0. The molecule has 0 aliphatic heterocycles. The third-order valence-electron chi connectivity index (χ3n) is 7.64. The molecule has 0 fully saturated rings. The van der Waals surface area contributed by atoms with Gasteiger partial charge >= 0.3 is 6.18 Å². The number of carbonyl (C=O) groups is 1. The van der Waals surface area contributed by atoms with Crippen LogP contribution in [0.25, 0.3) is 16.8 Å². The maximum atomic E-state index is 14.4. The zero-order valence-corrected chi connectivity index (χ0v) is 23.3. The van der Waals surface area contributed by atoms with Gasteiger partial charge in [0.25, 0.3) is 0 Å². The Balaban J connectivity index is 1.52. The number of rotatable bonds is 9. The number of fused-ring (bicyclic) bond motifs is 1. The summed E-state index contributed by atoms with van der Waals surface area (Å²) in [4.78, 5) is 18.0. The third kappa shape index (κ3) is 6.70. The number of aliphatic hydroxyl groups excluding tert-OH is 1. The van der Waals surface area contributed by atoms with Crippen LogP contribution in [0.2, 0.25) is 0 Å². The lowest BCUT2D eigenvalue weighted by molar-refractivity contribution is -0.142. The van der Waals surface area contributed by atoms with E-state index in [0.29, 0.717) is 22.9 Å². The van der Waals surface area contributed by atoms with E-state index >= 15 is 0 Å². The van der Waals surface area contributed by atoms with E-state index in [1.165, 1.54) is 24.4 Å². The van der Waals surface area contributed by atoms with Crippen LogP contribution in [0.3, 0.4) is 0 Å². The lowest BCUT2D eigenvalue weighted by atomic mass is 9.86. The maximum absolute atomic E-state index is 14.4. The van der Waals surface area contributed by atoms with Gasteiger partial charge < -0.3 is 10.8 Å². The van der Waals surface area contributed by atoms with Gasteiger partial charge in [-0.3, -0.25) is 14.5 Å². The quantitative estimate of drug-likeness (QED) is 0.221. The summed E-state index contributed by atoms with van der Waals surface area (Å²) >= 11 is 0. The number of aliphatic hydroxyl groups is 1. The van der Waals surface area contributed by atoms with Crippen LogP contribution in [0.4, 0.5) is 26.3 Å². The number of hydrogen-bond acceptors (Lipinski definition) is 5. The topological polar surface area (TPSA) is 94.0 Å². The first kappa shape index (κ1) is 31.0. The molecular weight excluding hydrogens is 586 g/mol. The normalized spacial score (nSPS) is 15.6. The first-order valence-corrected chi connectivity index (χ1v) is 13.8. The van der Waals surface area contributed by atoms with E-state index in [1.54, 1.807) is 12.1 Å². The molecule has 230 valence electrons. The van der Waals surface area contributed by atoms with Gasteiger partial charge in [0.05, 0.1) is 18.3 Å². The van der Waals surface area contributed by atoms with Crippen LogP contribution in [0.15, 0.2) is 61.3 Å². The predicted molar refractivity (Wildman–Crippen MR) is 151 cm³/mol. The average Bonchev–Trinajstić information content (AvgIpc) is 3.30. The highest BCUT2D eigenvalue weighted by Gasteiger charge is 2.41. The summed E-state index contributed by atoms with van der Waals surface area (Å²) in [5, 5.41) is 13.7. The molecule has 44 heavy (non-hydrogen) atoms. The van der Waals surface area contributed by atoms with Crippen molar-refractivity contribution in [1.29, 1.82) is 0 Å². The van der Waals surface area contributed by atoms with E-state index < -0.39 is 53.7 Å². The highest BCUT2D eigenvalue weighted by molar-refractivity contribution is 5.80. The Bertz CT molecular complexity index is 1710. The molecule has 5 rings (SSSR count). The van der Waals surface area contributed by atoms with Gasteiger partial charge in [0.1, 0.15) is 17.5 Å². The van der Waals surface area contributed by atoms with Gasteiger partial charge in [0.2, 0.25) is 0 Å². The van der Waals surface area contributed by atoms with Gasteiger partial charge in [-0.15, -0.1) is 0 Å². The fraction of sp³-hybridized carbons (Fsp3) is 0.281. The number of Topliss-reactive ketones (excluding diaryl/α,β-unsaturated/α-hetero) is 1. The summed E-state index contributed by atoms with van der Waals surface area (Å²) in [6.45, 7) is 3.11. The maximum Gasteiger partial charge on any atom is 0.435 e. The van der Waals surface area contributed by atoms with Crippen molar-refractivity contribution in [3.05, 3.63) is 113 Å². The molecule has 0 saturated heterocycles. The molecule has 2 aromatic carbocycles. The van der Waals surface area contributed by atoms with Crippen molar-refractivity contribution in [2.24, 2.45) is 5.73 Å². The van der Waals surface area contributed by atoms with Crippen LogP contribution >= 0.6 is 0 Å². The number of carbonyl (C=O) groups excluding carboxylic acids is 1. The second kappa shape index (κ2) is 12.3. The Kier molecular flexibility index (Phi) is 8.64. The van der Waals surface area contributed by atoms with Crippen LogP contribution in [-0.4, -0.2) is 31.8 Å². The Morgan fingerprint density at radius 1 is 1.11 bits per heavy atom. The number of alkyl halides is 3. The van der Waals surface area contributed by atoms with Gasteiger partial charge in [-0.05, 0) is 60.7 Å². The number of halogens is 6. The van der Waals surface area contributed by atoms with E-state index in [1.807, 2.05) is 0 Å². The number of pyridine rings is 1. The minimum absolute atomic E-state index is 0.00921. The second-order valence-corrected chi connectivity index (χ2v) is 10.9. The summed E-state index contributed by atoms with van der Waals surface area (Å²) in [6.07, 6.45) is -4.44. The van der Waals surface area contributed by atoms with Crippen LogP contribution in [0, 0.1) is 17.5 Å². The number of nitrogens with zero attached hydrogens (tertiary/aromatic N) is 3. The second-order valence-electron chi connectivity index (χ2n) is 10.9. The molecular formula is C32H28F6N4O2. The smallest absolute Gasteiger partial charge is 0.399 e. The molecule has 0 spiro atoms. The Labute approximate surface area is 248 Å². The molecule has 1 aliphatic carbocycles. The molecule has 2 atom stereocenters. The molecule has 0 saturated carbocycles. The Hall–Kier alpha value is -4.45. The first-order valence-electron chi connectivity index (χ1n) is 13.8. The molecule has 0 radical (unpaired) electrons. The van der Waals surface area contributed by atoms with Crippen LogP contribution in [0.5, 0.6) is 0 Å². The van der Waals surface area contributed by atoms with Gasteiger partial charge in [-0.1, -0.05) is 18.7 Å². The van der Waals surface area contributed by atoms with Gasteiger partial charge in [-0.25, -0.2) is 13.2 Å². The molecule has 0 amide bonds. The van der Waals surface area contributed by atoms with Crippen LogP contribution < -0.4 is 5.73 Å². The molecule has 1 aliphatic rings. The van der Waals surface area contributed by atoms with Crippen molar-refractivity contribution < 1.29 is 36.2 Å². The van der Waals surface area contributed by atoms with E-state index in [9.17, 15) is 36.2 Å². The predicted octanol–water partition coefficient (Wildman–Crippen LogP) is 6.15. The molecule has 12 heteroatoms. The number of hydrogen-bond donors (Lipinski definition) is 2. The van der Waals surface area contributed by atoms with Crippen molar-refractivity contribution in [2.45, 2.75) is 56.8 Å². The van der Waals surface area contributed by atoms with Crippen LogP contribution in [0.1, 0.15) is 52.5 Å². The monoisotopic (exact) mass is 614 g/mol. The molecule has 0 bridgehead atoms. The SMILES string of the molecule is C=C(N)c1cc(-c2cccnc2[C@@H](CC(=O)Cn2nc(C(F)(F)F)c3c2CCC(O)C3)Cc2cc(F)cc(F)c2)ccc1F. The van der Waals surface area contributed by atoms with E-state index in [4.69, 9.17) is 5.73 Å². The average molecular weight is 615 g/mol. The lowest BCUT2D eigenvalue weighted by Gasteiger charge is -2.21. The molecule has 1 unspecified atom stereocenters. The summed E-state index contributed by atoms with van der Waals surface area (Å²) < 4.78 is 84.9. The van der Waals surface area contributed by atoms with Crippen molar-refractivity contribution in [3.8, 4) is 11.1 Å². The van der Waals surface area contributed by atoms with Crippen molar-refractivity contribution in [2.75, 3.05) is 0 Å². The molecule has 6 nitrogen and oxygen atoms in total. The van der Waals surface area contributed by atoms with Gasteiger partial charge in [-0.2, -0.15) is 18.3 Å².